The molecule has 2 rings (SSSR count). The van der Waals surface area contributed by atoms with E-state index in [1.807, 2.05) is 24.4 Å². The number of rotatable bonds is 0. The topological polar surface area (TPSA) is 41.8 Å². The molecule has 0 saturated heterocycles. The van der Waals surface area contributed by atoms with Gasteiger partial charge in [0.25, 0.3) is 0 Å². The van der Waals surface area contributed by atoms with E-state index in [-0.39, 0.29) is 0 Å². The smallest absolute Gasteiger partial charge is 0.0466 e. The Bertz CT molecular complexity index is 392. The lowest BCUT2D eigenvalue weighted by molar-refractivity contribution is 1.47. The molecule has 0 fully saturated rings. The predicted molar refractivity (Wildman–Crippen MR) is 55.4 cm³/mol. The maximum Gasteiger partial charge on any atom is 0.0466 e. The van der Waals surface area contributed by atoms with Crippen LogP contribution in [0.4, 0.5) is 5.69 Å². The first-order valence-electron chi connectivity index (χ1n) is 3.29. The van der Waals surface area contributed by atoms with E-state index in [1.54, 1.807) is 0 Å². The molecule has 3 N–H and O–H groups in total. The monoisotopic (exact) mass is 258 g/mol. The summed E-state index contributed by atoms with van der Waals surface area (Å²) in [5, 5.41) is 1.20. The van der Waals surface area contributed by atoms with E-state index in [4.69, 9.17) is 5.73 Å². The maximum absolute atomic E-state index is 5.63. The predicted octanol–water partition coefficient (Wildman–Crippen LogP) is 2.35. The molecule has 0 amide bonds. The molecule has 0 aliphatic heterocycles. The van der Waals surface area contributed by atoms with Gasteiger partial charge in [-0.2, -0.15) is 0 Å². The minimum atomic E-state index is 0.815. The number of hydrogen-bond donors (Lipinski definition) is 2. The molecule has 0 spiro atoms. The Kier molecular flexibility index (Phi) is 1.52. The Morgan fingerprint density at radius 1 is 1.36 bits per heavy atom. The van der Waals surface area contributed by atoms with Crippen LogP contribution < -0.4 is 5.73 Å². The SMILES string of the molecule is Nc1ccc2[nH]cc(I)c2c1. The highest BCUT2D eigenvalue weighted by Crippen LogP contribution is 2.21. The number of H-pyrrole nitrogens is 1. The highest BCUT2D eigenvalue weighted by Gasteiger charge is 1.98. The summed E-state index contributed by atoms with van der Waals surface area (Å²) in [6.45, 7) is 0. The Hall–Kier alpha value is -0.710. The zero-order chi connectivity index (χ0) is 7.84. The fraction of sp³-hybridized carbons (Fsp3) is 0. The minimum absolute atomic E-state index is 0.815. The van der Waals surface area contributed by atoms with Gasteiger partial charge >= 0.3 is 0 Å². The first kappa shape index (κ1) is 6.97. The number of halogens is 1. The van der Waals surface area contributed by atoms with Gasteiger partial charge in [0.15, 0.2) is 0 Å². The average molecular weight is 258 g/mol. The first-order chi connectivity index (χ1) is 5.27. The summed E-state index contributed by atoms with van der Waals surface area (Å²) in [5.74, 6) is 0. The van der Waals surface area contributed by atoms with E-state index in [2.05, 4.69) is 27.6 Å². The molecule has 11 heavy (non-hydrogen) atoms. The number of fused-ring (bicyclic) bond motifs is 1. The molecule has 1 heterocycles. The van der Waals surface area contributed by atoms with Crippen molar-refractivity contribution in [3.05, 3.63) is 28.0 Å². The molecule has 2 aromatic rings. The summed E-state index contributed by atoms with van der Waals surface area (Å²) < 4.78 is 1.21. The molecule has 3 heteroatoms. The van der Waals surface area contributed by atoms with Crippen LogP contribution in [0.5, 0.6) is 0 Å². The van der Waals surface area contributed by atoms with Gasteiger partial charge in [-0.05, 0) is 40.8 Å². The van der Waals surface area contributed by atoms with Crippen molar-refractivity contribution in [2.75, 3.05) is 5.73 Å². The van der Waals surface area contributed by atoms with Crippen LogP contribution in [0.2, 0.25) is 0 Å². The van der Waals surface area contributed by atoms with Gasteiger partial charge < -0.3 is 10.7 Å². The third-order valence-corrected chi connectivity index (χ3v) is 2.55. The maximum atomic E-state index is 5.63. The van der Waals surface area contributed by atoms with Crippen molar-refractivity contribution < 1.29 is 0 Å². The summed E-state index contributed by atoms with van der Waals surface area (Å²) in [4.78, 5) is 3.15. The molecular formula is C8H7IN2. The van der Waals surface area contributed by atoms with Crippen LogP contribution >= 0.6 is 22.6 Å². The Labute approximate surface area is 77.9 Å². The third-order valence-electron chi connectivity index (χ3n) is 1.66. The second-order valence-corrected chi connectivity index (χ2v) is 3.60. The number of aromatic nitrogens is 1. The summed E-state index contributed by atoms with van der Waals surface area (Å²) in [6, 6.07) is 5.87. The highest BCUT2D eigenvalue weighted by atomic mass is 127. The number of nitrogens with one attached hydrogen (secondary N) is 1. The molecule has 0 aliphatic carbocycles. The van der Waals surface area contributed by atoms with Crippen LogP contribution in [0.25, 0.3) is 10.9 Å². The zero-order valence-electron chi connectivity index (χ0n) is 5.76. The Balaban J connectivity index is 2.87. The van der Waals surface area contributed by atoms with Gasteiger partial charge in [0, 0.05) is 26.4 Å². The summed E-state index contributed by atoms with van der Waals surface area (Å²) in [5.41, 5.74) is 7.59. The minimum Gasteiger partial charge on any atom is -0.399 e. The molecule has 0 unspecified atom stereocenters. The Morgan fingerprint density at radius 3 is 3.00 bits per heavy atom. The number of hydrogen-bond acceptors (Lipinski definition) is 1. The van der Waals surface area contributed by atoms with Crippen molar-refractivity contribution in [2.45, 2.75) is 0 Å². The van der Waals surface area contributed by atoms with E-state index in [1.165, 1.54) is 8.96 Å². The quantitative estimate of drug-likeness (QED) is 0.552. The number of benzene rings is 1. The molecule has 2 nitrogen and oxygen atoms in total. The van der Waals surface area contributed by atoms with Crippen molar-refractivity contribution in [3.8, 4) is 0 Å². The van der Waals surface area contributed by atoms with E-state index in [0.717, 1.165) is 11.2 Å². The van der Waals surface area contributed by atoms with E-state index >= 15 is 0 Å². The summed E-state index contributed by atoms with van der Waals surface area (Å²) in [7, 11) is 0. The number of aromatic amines is 1. The average Bonchev–Trinajstić information content (AvgIpc) is 2.33. The van der Waals surface area contributed by atoms with Crippen molar-refractivity contribution >= 4 is 39.2 Å². The molecular weight excluding hydrogens is 251 g/mol. The van der Waals surface area contributed by atoms with Crippen LogP contribution in [0, 0.1) is 3.57 Å². The second kappa shape index (κ2) is 2.41. The van der Waals surface area contributed by atoms with Gasteiger partial charge in [-0.25, -0.2) is 0 Å². The second-order valence-electron chi connectivity index (χ2n) is 2.44. The van der Waals surface area contributed by atoms with Gasteiger partial charge in [0.2, 0.25) is 0 Å². The number of nitrogen functional groups attached to an aromatic ring is 1. The van der Waals surface area contributed by atoms with Gasteiger partial charge in [-0.3, -0.25) is 0 Å². The normalized spacial score (nSPS) is 10.6. The van der Waals surface area contributed by atoms with Crippen LogP contribution in [-0.2, 0) is 0 Å². The van der Waals surface area contributed by atoms with Crippen LogP contribution in [0.15, 0.2) is 24.4 Å². The molecule has 1 aromatic carbocycles. The van der Waals surface area contributed by atoms with E-state index in [0.29, 0.717) is 0 Å². The molecule has 0 radical (unpaired) electrons. The molecule has 0 atom stereocenters. The van der Waals surface area contributed by atoms with Crippen molar-refractivity contribution in [1.82, 2.24) is 4.98 Å². The van der Waals surface area contributed by atoms with Gasteiger partial charge in [0.05, 0.1) is 0 Å². The van der Waals surface area contributed by atoms with Crippen molar-refractivity contribution in [2.24, 2.45) is 0 Å². The Morgan fingerprint density at radius 2 is 2.18 bits per heavy atom. The molecule has 56 valence electrons. The van der Waals surface area contributed by atoms with Crippen molar-refractivity contribution in [1.29, 1.82) is 0 Å². The van der Waals surface area contributed by atoms with E-state index < -0.39 is 0 Å². The van der Waals surface area contributed by atoms with Gasteiger partial charge in [-0.15, -0.1) is 0 Å². The van der Waals surface area contributed by atoms with Gasteiger partial charge in [0.1, 0.15) is 0 Å². The largest absolute Gasteiger partial charge is 0.399 e. The highest BCUT2D eigenvalue weighted by molar-refractivity contribution is 14.1. The fourth-order valence-electron chi connectivity index (χ4n) is 1.10. The molecule has 0 saturated carbocycles. The fourth-order valence-corrected chi connectivity index (χ4v) is 1.71. The van der Waals surface area contributed by atoms with E-state index in [9.17, 15) is 0 Å². The molecule has 0 aliphatic rings. The summed E-state index contributed by atoms with van der Waals surface area (Å²) >= 11 is 2.28. The lowest BCUT2D eigenvalue weighted by Crippen LogP contribution is -1.82. The summed E-state index contributed by atoms with van der Waals surface area (Å²) in [6.07, 6.45) is 1.98. The van der Waals surface area contributed by atoms with Crippen LogP contribution in [-0.4, -0.2) is 4.98 Å². The third kappa shape index (κ3) is 1.09. The van der Waals surface area contributed by atoms with Crippen LogP contribution in [0.3, 0.4) is 0 Å². The first-order valence-corrected chi connectivity index (χ1v) is 4.37. The number of anilines is 1. The lowest BCUT2D eigenvalue weighted by atomic mass is 10.2. The lowest BCUT2D eigenvalue weighted by Gasteiger charge is -1.92. The zero-order valence-corrected chi connectivity index (χ0v) is 7.92. The van der Waals surface area contributed by atoms with Crippen LogP contribution in [0.1, 0.15) is 0 Å². The molecule has 1 aromatic heterocycles. The standard InChI is InChI=1S/C8H7IN2/c9-7-4-11-8-2-1-5(10)3-6(7)8/h1-4,11H,10H2. The number of nitrogens with two attached hydrogens (primary N) is 1. The van der Waals surface area contributed by atoms with Crippen molar-refractivity contribution in [3.63, 3.8) is 0 Å². The van der Waals surface area contributed by atoms with Gasteiger partial charge in [-0.1, -0.05) is 0 Å². The molecule has 0 bridgehead atoms.